The molecule has 0 saturated carbocycles. The Morgan fingerprint density at radius 1 is 1.19 bits per heavy atom. The number of pyridine rings is 1. The van der Waals surface area contributed by atoms with E-state index in [9.17, 15) is 0 Å². The van der Waals surface area contributed by atoms with Gasteiger partial charge in [-0.2, -0.15) is 5.10 Å². The van der Waals surface area contributed by atoms with Gasteiger partial charge >= 0.3 is 0 Å². The van der Waals surface area contributed by atoms with E-state index in [0.717, 1.165) is 16.6 Å². The Balaban J connectivity index is 2.13. The molecule has 0 spiro atoms. The second-order valence-electron chi connectivity index (χ2n) is 5.39. The van der Waals surface area contributed by atoms with Crippen molar-refractivity contribution in [2.75, 3.05) is 7.05 Å². The van der Waals surface area contributed by atoms with Crippen molar-refractivity contribution in [3.8, 4) is 0 Å². The van der Waals surface area contributed by atoms with Gasteiger partial charge in [-0.05, 0) is 38.6 Å². The molecule has 4 nitrogen and oxygen atoms in total. The van der Waals surface area contributed by atoms with Crippen LogP contribution in [0.3, 0.4) is 0 Å². The van der Waals surface area contributed by atoms with Crippen molar-refractivity contribution in [1.82, 2.24) is 20.1 Å². The van der Waals surface area contributed by atoms with Crippen molar-refractivity contribution in [1.29, 1.82) is 0 Å². The smallest absolute Gasteiger partial charge is 0.0705 e. The fourth-order valence-electron chi connectivity index (χ4n) is 2.95. The fraction of sp³-hybridized carbons (Fsp3) is 0.294. The van der Waals surface area contributed by atoms with Gasteiger partial charge in [-0.3, -0.25) is 9.67 Å². The normalized spacial score (nSPS) is 12.8. The van der Waals surface area contributed by atoms with Crippen molar-refractivity contribution in [3.63, 3.8) is 0 Å². The second kappa shape index (κ2) is 5.30. The van der Waals surface area contributed by atoms with Crippen LogP contribution in [0.2, 0.25) is 0 Å². The lowest BCUT2D eigenvalue weighted by Gasteiger charge is -2.18. The van der Waals surface area contributed by atoms with Gasteiger partial charge in [-0.15, -0.1) is 0 Å². The first kappa shape index (κ1) is 13.8. The van der Waals surface area contributed by atoms with Crippen LogP contribution in [0.25, 0.3) is 10.9 Å². The van der Waals surface area contributed by atoms with Gasteiger partial charge in [-0.25, -0.2) is 0 Å². The number of nitrogens with zero attached hydrogens (tertiary/aromatic N) is 3. The lowest BCUT2D eigenvalue weighted by atomic mass is 9.96. The third-order valence-electron chi connectivity index (χ3n) is 4.11. The third-order valence-corrected chi connectivity index (χ3v) is 4.11. The number of rotatable bonds is 3. The zero-order valence-corrected chi connectivity index (χ0v) is 12.9. The molecule has 1 aromatic carbocycles. The molecule has 21 heavy (non-hydrogen) atoms. The Labute approximate surface area is 124 Å². The maximum atomic E-state index is 4.53. The van der Waals surface area contributed by atoms with E-state index in [2.05, 4.69) is 53.5 Å². The summed E-state index contributed by atoms with van der Waals surface area (Å²) < 4.78 is 1.94. The van der Waals surface area contributed by atoms with E-state index in [4.69, 9.17) is 0 Å². The lowest BCUT2D eigenvalue weighted by Crippen LogP contribution is -2.19. The minimum Gasteiger partial charge on any atom is -0.309 e. The first-order valence-corrected chi connectivity index (χ1v) is 7.14. The van der Waals surface area contributed by atoms with Gasteiger partial charge in [0.25, 0.3) is 0 Å². The van der Waals surface area contributed by atoms with Crippen molar-refractivity contribution in [2.45, 2.75) is 19.9 Å². The highest BCUT2D eigenvalue weighted by molar-refractivity contribution is 5.79. The molecule has 1 N–H and O–H groups in total. The molecule has 1 unspecified atom stereocenters. The molecule has 1 atom stereocenters. The van der Waals surface area contributed by atoms with Gasteiger partial charge in [-0.1, -0.05) is 18.2 Å². The maximum absolute atomic E-state index is 4.53. The molecule has 108 valence electrons. The summed E-state index contributed by atoms with van der Waals surface area (Å²) >= 11 is 0. The summed E-state index contributed by atoms with van der Waals surface area (Å²) in [5.74, 6) is 0. The van der Waals surface area contributed by atoms with Crippen molar-refractivity contribution in [3.05, 3.63) is 59.0 Å². The van der Waals surface area contributed by atoms with Crippen LogP contribution in [0.15, 0.2) is 36.5 Å². The first-order chi connectivity index (χ1) is 10.1. The van der Waals surface area contributed by atoms with Gasteiger partial charge in [0, 0.05) is 29.9 Å². The Kier molecular flexibility index (Phi) is 3.47. The van der Waals surface area contributed by atoms with E-state index in [0.29, 0.717) is 0 Å². The molecule has 2 aromatic heterocycles. The van der Waals surface area contributed by atoms with E-state index >= 15 is 0 Å². The minimum atomic E-state index is 0.130. The predicted molar refractivity (Wildman–Crippen MR) is 85.3 cm³/mol. The van der Waals surface area contributed by atoms with E-state index < -0.39 is 0 Å². The summed E-state index contributed by atoms with van der Waals surface area (Å²) in [5, 5.41) is 9.10. The molecule has 0 amide bonds. The Bertz CT molecular complexity index is 789. The van der Waals surface area contributed by atoms with Crippen LogP contribution in [0.5, 0.6) is 0 Å². The van der Waals surface area contributed by atoms with E-state index in [1.165, 1.54) is 16.8 Å². The van der Waals surface area contributed by atoms with Crippen LogP contribution in [-0.2, 0) is 7.05 Å². The van der Waals surface area contributed by atoms with E-state index in [-0.39, 0.29) is 6.04 Å². The monoisotopic (exact) mass is 280 g/mol. The van der Waals surface area contributed by atoms with Gasteiger partial charge in [0.05, 0.1) is 17.3 Å². The molecular weight excluding hydrogens is 260 g/mol. The van der Waals surface area contributed by atoms with Gasteiger partial charge in [0.15, 0.2) is 0 Å². The van der Waals surface area contributed by atoms with E-state index in [1.807, 2.05) is 31.0 Å². The molecule has 0 fully saturated rings. The molecule has 3 rings (SSSR count). The molecular formula is C17H20N4. The molecule has 4 heteroatoms. The summed E-state index contributed by atoms with van der Waals surface area (Å²) in [6, 6.07) is 10.6. The van der Waals surface area contributed by atoms with Crippen LogP contribution in [0.1, 0.15) is 28.6 Å². The van der Waals surface area contributed by atoms with Crippen molar-refractivity contribution in [2.24, 2.45) is 7.05 Å². The van der Waals surface area contributed by atoms with Crippen LogP contribution in [0, 0.1) is 13.8 Å². The fourth-order valence-corrected chi connectivity index (χ4v) is 2.95. The van der Waals surface area contributed by atoms with E-state index in [1.54, 1.807) is 0 Å². The van der Waals surface area contributed by atoms with Crippen molar-refractivity contribution < 1.29 is 0 Å². The number of benzene rings is 1. The average molecular weight is 280 g/mol. The van der Waals surface area contributed by atoms with Crippen LogP contribution in [0.4, 0.5) is 0 Å². The Morgan fingerprint density at radius 2 is 2.00 bits per heavy atom. The number of aromatic nitrogens is 3. The molecule has 0 saturated heterocycles. The van der Waals surface area contributed by atoms with Gasteiger partial charge in [0.2, 0.25) is 0 Å². The molecule has 3 aromatic rings. The standard InChI is InChI=1S/C17H20N4/c1-11-16(12(2)21(4)20-11)17(18-3)14-8-7-13-6-5-9-19-15(13)10-14/h5-10,17-18H,1-4H3. The first-order valence-electron chi connectivity index (χ1n) is 7.14. The highest BCUT2D eigenvalue weighted by atomic mass is 15.3. The van der Waals surface area contributed by atoms with Gasteiger partial charge < -0.3 is 5.32 Å². The summed E-state index contributed by atoms with van der Waals surface area (Å²) in [6.07, 6.45) is 1.83. The summed E-state index contributed by atoms with van der Waals surface area (Å²) in [4.78, 5) is 4.45. The van der Waals surface area contributed by atoms with Crippen LogP contribution >= 0.6 is 0 Å². The highest BCUT2D eigenvalue weighted by Crippen LogP contribution is 2.28. The zero-order chi connectivity index (χ0) is 15.0. The molecule has 0 aliphatic heterocycles. The highest BCUT2D eigenvalue weighted by Gasteiger charge is 2.20. The number of fused-ring (bicyclic) bond motifs is 1. The van der Waals surface area contributed by atoms with Crippen molar-refractivity contribution >= 4 is 10.9 Å². The predicted octanol–water partition coefficient (Wildman–Crippen LogP) is 2.89. The molecule has 0 aliphatic carbocycles. The number of hydrogen-bond donors (Lipinski definition) is 1. The van der Waals surface area contributed by atoms with Crippen LogP contribution < -0.4 is 5.32 Å². The molecule has 0 bridgehead atoms. The SMILES string of the molecule is CNC(c1ccc2cccnc2c1)c1c(C)nn(C)c1C. The maximum Gasteiger partial charge on any atom is 0.0705 e. The quantitative estimate of drug-likeness (QED) is 0.802. The average Bonchev–Trinajstić information content (AvgIpc) is 2.74. The zero-order valence-electron chi connectivity index (χ0n) is 12.9. The van der Waals surface area contributed by atoms with Crippen LogP contribution in [-0.4, -0.2) is 21.8 Å². The number of hydrogen-bond acceptors (Lipinski definition) is 3. The number of aryl methyl sites for hydroxylation is 2. The summed E-state index contributed by atoms with van der Waals surface area (Å²) in [5.41, 5.74) is 5.73. The van der Waals surface area contributed by atoms with Gasteiger partial charge in [0.1, 0.15) is 0 Å². The Hall–Kier alpha value is -2.20. The number of nitrogens with one attached hydrogen (secondary N) is 1. The lowest BCUT2D eigenvalue weighted by molar-refractivity contribution is 0.678. The largest absolute Gasteiger partial charge is 0.309 e. The third kappa shape index (κ3) is 2.32. The summed E-state index contributed by atoms with van der Waals surface area (Å²) in [7, 11) is 3.97. The Morgan fingerprint density at radius 3 is 2.67 bits per heavy atom. The molecule has 0 radical (unpaired) electrons. The second-order valence-corrected chi connectivity index (χ2v) is 5.39. The molecule has 2 heterocycles. The molecule has 0 aliphatic rings. The topological polar surface area (TPSA) is 42.7 Å². The summed E-state index contributed by atoms with van der Waals surface area (Å²) in [6.45, 7) is 4.17. The minimum absolute atomic E-state index is 0.130.